The Balaban J connectivity index is 1.000. The summed E-state index contributed by atoms with van der Waals surface area (Å²) in [5.74, 6) is 0.671. The van der Waals surface area contributed by atoms with Gasteiger partial charge in [0.2, 0.25) is 0 Å². The molecule has 280 valence electrons. The Hall–Kier alpha value is -8.15. The van der Waals surface area contributed by atoms with Crippen LogP contribution < -0.4 is 0 Å². The lowest BCUT2D eigenvalue weighted by Crippen LogP contribution is -1.96. The number of nitrogens with zero attached hydrogens (tertiary/aromatic N) is 5. The summed E-state index contributed by atoms with van der Waals surface area (Å²) in [6, 6.07) is 71.4. The van der Waals surface area contributed by atoms with Gasteiger partial charge in [-0.2, -0.15) is 0 Å². The van der Waals surface area contributed by atoms with Crippen LogP contribution in [0.3, 0.4) is 0 Å². The van der Waals surface area contributed by atoms with Gasteiger partial charge in [0.15, 0.2) is 5.82 Å². The van der Waals surface area contributed by atoms with E-state index in [9.17, 15) is 0 Å². The Morgan fingerprint density at radius 1 is 0.267 bits per heavy atom. The number of pyridine rings is 3. The fourth-order valence-corrected chi connectivity index (χ4v) is 8.10. The van der Waals surface area contributed by atoms with Crippen molar-refractivity contribution in [2.24, 2.45) is 0 Å². The van der Waals surface area contributed by atoms with Gasteiger partial charge < -0.3 is 0 Å². The highest BCUT2D eigenvalue weighted by atomic mass is 14.9. The predicted octanol–water partition coefficient (Wildman–Crippen LogP) is 13.8. The Morgan fingerprint density at radius 3 is 1.58 bits per heavy atom. The van der Waals surface area contributed by atoms with Gasteiger partial charge in [0.25, 0.3) is 0 Å². The fraction of sp³-hybridized carbons (Fsp3) is 0. The number of fused-ring (bicyclic) bond motifs is 4. The highest BCUT2D eigenvalue weighted by molar-refractivity contribution is 6.09. The van der Waals surface area contributed by atoms with Gasteiger partial charge in [-0.15, -0.1) is 0 Å². The molecule has 7 aromatic carbocycles. The van der Waals surface area contributed by atoms with Crippen LogP contribution in [0.5, 0.6) is 0 Å². The normalized spacial score (nSPS) is 11.3. The minimum atomic E-state index is 0.671. The molecule has 5 heteroatoms. The molecule has 0 unspecified atom stereocenters. The molecule has 0 bridgehead atoms. The third kappa shape index (κ3) is 6.54. The molecular weight excluding hydrogens is 731 g/mol. The molecule has 0 spiro atoms. The number of hydrogen-bond acceptors (Lipinski definition) is 5. The molecule has 11 rings (SSSR count). The van der Waals surface area contributed by atoms with Gasteiger partial charge >= 0.3 is 0 Å². The van der Waals surface area contributed by atoms with E-state index in [2.05, 4.69) is 176 Å². The summed E-state index contributed by atoms with van der Waals surface area (Å²) in [4.78, 5) is 25.5. The van der Waals surface area contributed by atoms with Crippen molar-refractivity contribution in [3.63, 3.8) is 0 Å². The number of aromatic nitrogens is 5. The van der Waals surface area contributed by atoms with Crippen LogP contribution in [0.4, 0.5) is 0 Å². The predicted molar refractivity (Wildman–Crippen MR) is 246 cm³/mol. The van der Waals surface area contributed by atoms with E-state index in [0.717, 1.165) is 106 Å². The van der Waals surface area contributed by atoms with E-state index in [1.807, 2.05) is 36.5 Å². The van der Waals surface area contributed by atoms with Crippen LogP contribution in [-0.4, -0.2) is 24.9 Å². The van der Waals surface area contributed by atoms with Gasteiger partial charge in [-0.05, 0) is 47.0 Å². The highest BCUT2D eigenvalue weighted by Crippen LogP contribution is 2.37. The lowest BCUT2D eigenvalue weighted by molar-refractivity contribution is 1.18. The Morgan fingerprint density at radius 2 is 0.817 bits per heavy atom. The third-order valence-corrected chi connectivity index (χ3v) is 11.1. The molecule has 4 aromatic heterocycles. The number of hydrogen-bond donors (Lipinski definition) is 0. The largest absolute Gasteiger partial charge is 0.256 e. The van der Waals surface area contributed by atoms with Crippen molar-refractivity contribution in [1.82, 2.24) is 24.9 Å². The van der Waals surface area contributed by atoms with Gasteiger partial charge in [-0.3, -0.25) is 4.98 Å². The van der Waals surface area contributed by atoms with E-state index >= 15 is 0 Å². The van der Waals surface area contributed by atoms with Gasteiger partial charge in [-0.1, -0.05) is 176 Å². The zero-order valence-corrected chi connectivity index (χ0v) is 32.4. The maximum Gasteiger partial charge on any atom is 0.160 e. The second-order valence-electron chi connectivity index (χ2n) is 14.9. The molecule has 0 radical (unpaired) electrons. The first-order valence-corrected chi connectivity index (χ1v) is 20.1. The highest BCUT2D eigenvalue weighted by Gasteiger charge is 2.16. The summed E-state index contributed by atoms with van der Waals surface area (Å²) >= 11 is 0. The van der Waals surface area contributed by atoms with Crippen molar-refractivity contribution < 1.29 is 0 Å². The van der Waals surface area contributed by atoms with Crippen molar-refractivity contribution in [2.75, 3.05) is 0 Å². The SMILES string of the molecule is c1ccc(-c2cc(-c3ccccc3)c3ccc4ccc(-c5ccc(-c6cc(-c7cccc(-c8cccc9cccnc89)c7)nc(-c7ccccc7)n6)cc5)nc4c3n2)cc1. The second kappa shape index (κ2) is 15.0. The van der Waals surface area contributed by atoms with Crippen LogP contribution >= 0.6 is 0 Å². The molecule has 0 N–H and O–H groups in total. The van der Waals surface area contributed by atoms with Crippen LogP contribution in [0.25, 0.3) is 111 Å². The molecule has 0 fully saturated rings. The summed E-state index contributed by atoms with van der Waals surface area (Å²) in [5.41, 5.74) is 15.7. The number of rotatable bonds is 7. The van der Waals surface area contributed by atoms with E-state index in [4.69, 9.17) is 24.9 Å². The minimum Gasteiger partial charge on any atom is -0.256 e. The first-order chi connectivity index (χ1) is 29.7. The molecule has 0 amide bonds. The zero-order valence-electron chi connectivity index (χ0n) is 32.4. The summed E-state index contributed by atoms with van der Waals surface area (Å²) in [6.45, 7) is 0. The first kappa shape index (κ1) is 35.0. The molecule has 0 saturated carbocycles. The summed E-state index contributed by atoms with van der Waals surface area (Å²) in [7, 11) is 0. The minimum absolute atomic E-state index is 0.671. The van der Waals surface area contributed by atoms with E-state index in [0.29, 0.717) is 5.82 Å². The molecule has 11 aromatic rings. The first-order valence-electron chi connectivity index (χ1n) is 20.1. The van der Waals surface area contributed by atoms with Crippen LogP contribution in [0.1, 0.15) is 0 Å². The van der Waals surface area contributed by atoms with Crippen LogP contribution in [0.15, 0.2) is 212 Å². The summed E-state index contributed by atoms with van der Waals surface area (Å²) < 4.78 is 0. The molecule has 0 saturated heterocycles. The van der Waals surface area contributed by atoms with Crippen LogP contribution in [0.2, 0.25) is 0 Å². The third-order valence-electron chi connectivity index (χ3n) is 11.1. The fourth-order valence-electron chi connectivity index (χ4n) is 8.10. The van der Waals surface area contributed by atoms with E-state index in [-0.39, 0.29) is 0 Å². The molecule has 0 aliphatic rings. The average molecular weight is 766 g/mol. The van der Waals surface area contributed by atoms with Gasteiger partial charge in [0, 0.05) is 55.7 Å². The topological polar surface area (TPSA) is 64.5 Å². The monoisotopic (exact) mass is 765 g/mol. The molecule has 4 heterocycles. The summed E-state index contributed by atoms with van der Waals surface area (Å²) in [6.07, 6.45) is 1.85. The lowest BCUT2D eigenvalue weighted by atomic mass is 9.97. The van der Waals surface area contributed by atoms with Crippen molar-refractivity contribution >= 4 is 32.7 Å². The second-order valence-corrected chi connectivity index (χ2v) is 14.9. The van der Waals surface area contributed by atoms with Crippen molar-refractivity contribution in [3.05, 3.63) is 212 Å². The molecule has 5 nitrogen and oxygen atoms in total. The average Bonchev–Trinajstić information content (AvgIpc) is 3.34. The smallest absolute Gasteiger partial charge is 0.160 e. The van der Waals surface area contributed by atoms with E-state index in [1.165, 1.54) is 0 Å². The maximum atomic E-state index is 5.31. The summed E-state index contributed by atoms with van der Waals surface area (Å²) in [5, 5.41) is 3.22. The molecule has 0 aliphatic carbocycles. The van der Waals surface area contributed by atoms with E-state index in [1.54, 1.807) is 0 Å². The number of benzene rings is 7. The van der Waals surface area contributed by atoms with Gasteiger partial charge in [0.05, 0.1) is 39.3 Å². The number of para-hydroxylation sites is 1. The molecule has 60 heavy (non-hydrogen) atoms. The molecular formula is C55H35N5. The lowest BCUT2D eigenvalue weighted by Gasteiger charge is -2.13. The molecule has 0 atom stereocenters. The standard InChI is InChI=1S/C55H35N5/c1-4-13-36(14-5-1)47-34-49(37-15-6-2-7-16-37)58-54-46(47)30-28-41-29-31-48(57-53(41)54)38-24-26-39(27-25-38)50-35-51(60-55(59-50)42-17-8-3-9-18-42)44-21-10-20-43(33-44)45-23-11-19-40-22-12-32-56-52(40)45/h1-35H. The maximum absolute atomic E-state index is 5.31. The van der Waals surface area contributed by atoms with E-state index < -0.39 is 0 Å². The zero-order chi connectivity index (χ0) is 39.8. The van der Waals surface area contributed by atoms with Gasteiger partial charge in [-0.25, -0.2) is 19.9 Å². The van der Waals surface area contributed by atoms with Crippen LogP contribution in [-0.2, 0) is 0 Å². The Bertz CT molecular complexity index is 3340. The van der Waals surface area contributed by atoms with Gasteiger partial charge in [0.1, 0.15) is 0 Å². The van der Waals surface area contributed by atoms with Crippen molar-refractivity contribution in [2.45, 2.75) is 0 Å². The van der Waals surface area contributed by atoms with Crippen LogP contribution in [0, 0.1) is 0 Å². The quantitative estimate of drug-likeness (QED) is 0.151. The Kier molecular flexibility index (Phi) is 8.75. The van der Waals surface area contributed by atoms with Crippen molar-refractivity contribution in [1.29, 1.82) is 0 Å². The van der Waals surface area contributed by atoms with Crippen molar-refractivity contribution in [3.8, 4) is 78.7 Å². The molecule has 0 aliphatic heterocycles. The Labute approximate surface area is 347 Å².